The molecule has 0 aromatic heterocycles. The lowest BCUT2D eigenvalue weighted by Crippen LogP contribution is -2.43. The van der Waals surface area contributed by atoms with E-state index in [2.05, 4.69) is 5.32 Å². The van der Waals surface area contributed by atoms with Gasteiger partial charge < -0.3 is 10.1 Å². The molecular weight excluding hydrogens is 502 g/mol. The lowest BCUT2D eigenvalue weighted by Gasteiger charge is -2.31. The number of benzene rings is 2. The third-order valence-corrected chi connectivity index (χ3v) is 10.6. The van der Waals surface area contributed by atoms with Crippen LogP contribution in [0.3, 0.4) is 0 Å². The molecule has 36 heavy (non-hydrogen) atoms. The molecule has 2 saturated heterocycles. The molecule has 1 N–H and O–H groups in total. The van der Waals surface area contributed by atoms with Crippen molar-refractivity contribution in [2.45, 2.75) is 48.8 Å². The first-order valence-corrected chi connectivity index (χ1v) is 15.1. The Hall–Kier alpha value is -2.47. The van der Waals surface area contributed by atoms with Crippen molar-refractivity contribution in [1.82, 2.24) is 8.61 Å². The lowest BCUT2D eigenvalue weighted by atomic mass is 9.98. The molecule has 2 aromatic rings. The second-order valence-corrected chi connectivity index (χ2v) is 13.2. The number of ether oxygens (including phenoxy) is 1. The number of carbonyl (C=O) groups excluding carboxylic acids is 1. The van der Waals surface area contributed by atoms with Crippen LogP contribution in [0.15, 0.2) is 52.3 Å². The molecule has 0 radical (unpaired) electrons. The number of rotatable bonds is 7. The monoisotopic (exact) mass is 535 g/mol. The van der Waals surface area contributed by atoms with Crippen molar-refractivity contribution < 1.29 is 26.4 Å². The Kier molecular flexibility index (Phi) is 8.03. The SMILES string of the molecule is COc1ccc(S(=O)(=O)N2CCCCC2)cc1NC(=O)[C@H]1CCCN(S(=O)(=O)c2ccc(C)cc2)C1. The zero-order valence-corrected chi connectivity index (χ0v) is 22.3. The zero-order chi connectivity index (χ0) is 25.9. The van der Waals surface area contributed by atoms with Gasteiger partial charge in [-0.05, 0) is 62.9 Å². The summed E-state index contributed by atoms with van der Waals surface area (Å²) in [7, 11) is -5.97. The summed E-state index contributed by atoms with van der Waals surface area (Å²) in [5.41, 5.74) is 1.21. The summed E-state index contributed by atoms with van der Waals surface area (Å²) in [5.74, 6) is -0.614. The van der Waals surface area contributed by atoms with Crippen LogP contribution < -0.4 is 10.1 Å². The molecule has 0 unspecified atom stereocenters. The molecule has 11 heteroatoms. The van der Waals surface area contributed by atoms with Crippen molar-refractivity contribution in [3.05, 3.63) is 48.0 Å². The van der Waals surface area contributed by atoms with Crippen molar-refractivity contribution in [1.29, 1.82) is 0 Å². The molecule has 1 amide bonds. The van der Waals surface area contributed by atoms with E-state index in [1.165, 1.54) is 33.9 Å². The Morgan fingerprint density at radius 2 is 1.47 bits per heavy atom. The van der Waals surface area contributed by atoms with Gasteiger partial charge in [0.1, 0.15) is 5.75 Å². The summed E-state index contributed by atoms with van der Waals surface area (Å²) < 4.78 is 60.7. The number of anilines is 1. The minimum Gasteiger partial charge on any atom is -0.495 e. The maximum Gasteiger partial charge on any atom is 0.243 e. The van der Waals surface area contributed by atoms with Crippen molar-refractivity contribution >= 4 is 31.6 Å². The van der Waals surface area contributed by atoms with Gasteiger partial charge in [0.05, 0.1) is 28.5 Å². The predicted octanol–water partition coefficient (Wildman–Crippen LogP) is 3.22. The van der Waals surface area contributed by atoms with Crippen LogP contribution in [0.25, 0.3) is 0 Å². The highest BCUT2D eigenvalue weighted by Crippen LogP contribution is 2.31. The number of carbonyl (C=O) groups is 1. The van der Waals surface area contributed by atoms with Crippen molar-refractivity contribution in [3.8, 4) is 5.75 Å². The summed E-state index contributed by atoms with van der Waals surface area (Å²) >= 11 is 0. The third-order valence-electron chi connectivity index (χ3n) is 6.80. The molecule has 0 aliphatic carbocycles. The first kappa shape index (κ1) is 26.6. The van der Waals surface area contributed by atoms with Crippen LogP contribution in [0.4, 0.5) is 5.69 Å². The van der Waals surface area contributed by atoms with E-state index in [1.54, 1.807) is 24.3 Å². The van der Waals surface area contributed by atoms with Crippen LogP contribution >= 0.6 is 0 Å². The molecule has 0 bridgehead atoms. The molecule has 2 heterocycles. The predicted molar refractivity (Wildman–Crippen MR) is 137 cm³/mol. The van der Waals surface area contributed by atoms with Gasteiger partial charge in [-0.2, -0.15) is 8.61 Å². The van der Waals surface area contributed by atoms with Gasteiger partial charge in [0.15, 0.2) is 0 Å². The summed E-state index contributed by atoms with van der Waals surface area (Å²) in [5, 5.41) is 2.80. The van der Waals surface area contributed by atoms with E-state index < -0.39 is 26.0 Å². The molecule has 9 nitrogen and oxygen atoms in total. The Morgan fingerprint density at radius 1 is 0.861 bits per heavy atom. The molecule has 2 aliphatic heterocycles. The average Bonchev–Trinajstić information content (AvgIpc) is 2.89. The van der Waals surface area contributed by atoms with Gasteiger partial charge in [-0.25, -0.2) is 16.8 Å². The smallest absolute Gasteiger partial charge is 0.243 e. The Balaban J connectivity index is 1.52. The molecule has 2 aromatic carbocycles. The van der Waals surface area contributed by atoms with Crippen LogP contribution in [-0.2, 0) is 24.8 Å². The molecule has 1 atom stereocenters. The third kappa shape index (κ3) is 5.59. The number of hydrogen-bond donors (Lipinski definition) is 1. The molecule has 2 fully saturated rings. The molecule has 0 saturated carbocycles. The topological polar surface area (TPSA) is 113 Å². The Morgan fingerprint density at radius 3 is 2.14 bits per heavy atom. The van der Waals surface area contributed by atoms with E-state index >= 15 is 0 Å². The van der Waals surface area contributed by atoms with Gasteiger partial charge in [0.25, 0.3) is 0 Å². The van der Waals surface area contributed by atoms with E-state index in [1.807, 2.05) is 6.92 Å². The standard InChI is InChI=1S/C25H33N3O6S2/c1-19-8-10-21(11-9-19)35(30,31)28-16-6-7-20(18-28)25(29)26-23-17-22(12-13-24(23)34-2)36(32,33)27-14-4-3-5-15-27/h8-13,17,20H,3-7,14-16,18H2,1-2H3,(H,26,29)/t20-/m0/s1. The van der Waals surface area contributed by atoms with Crippen LogP contribution in [0, 0.1) is 12.8 Å². The number of methoxy groups -OCH3 is 1. The summed E-state index contributed by atoms with van der Waals surface area (Å²) in [4.78, 5) is 13.5. The van der Waals surface area contributed by atoms with Crippen LogP contribution in [0.2, 0.25) is 0 Å². The maximum atomic E-state index is 13.2. The minimum atomic E-state index is -3.73. The van der Waals surface area contributed by atoms with Gasteiger partial charge in [-0.15, -0.1) is 0 Å². The van der Waals surface area contributed by atoms with E-state index in [9.17, 15) is 21.6 Å². The van der Waals surface area contributed by atoms with Crippen LogP contribution in [0.1, 0.15) is 37.7 Å². The van der Waals surface area contributed by atoms with Gasteiger partial charge >= 0.3 is 0 Å². The highest BCUT2D eigenvalue weighted by molar-refractivity contribution is 7.89. The second kappa shape index (κ2) is 10.9. The first-order valence-electron chi connectivity index (χ1n) is 12.2. The van der Waals surface area contributed by atoms with E-state index in [0.717, 1.165) is 24.8 Å². The fourth-order valence-corrected chi connectivity index (χ4v) is 7.74. The van der Waals surface area contributed by atoms with Crippen molar-refractivity contribution in [2.75, 3.05) is 38.6 Å². The van der Waals surface area contributed by atoms with Crippen LogP contribution in [-0.4, -0.2) is 64.6 Å². The summed E-state index contributed by atoms with van der Waals surface area (Å²) in [6.45, 7) is 3.23. The van der Waals surface area contributed by atoms with E-state index in [-0.39, 0.29) is 27.9 Å². The first-order chi connectivity index (χ1) is 17.1. The molecule has 196 valence electrons. The van der Waals surface area contributed by atoms with Gasteiger partial charge in [-0.3, -0.25) is 4.79 Å². The van der Waals surface area contributed by atoms with Gasteiger partial charge in [0.2, 0.25) is 26.0 Å². The number of aryl methyl sites for hydroxylation is 1. The largest absolute Gasteiger partial charge is 0.495 e. The molecule has 0 spiro atoms. The van der Waals surface area contributed by atoms with E-state index in [4.69, 9.17) is 4.74 Å². The Bertz CT molecular complexity index is 1300. The van der Waals surface area contributed by atoms with Crippen LogP contribution in [0.5, 0.6) is 5.75 Å². The quantitative estimate of drug-likeness (QED) is 0.583. The minimum absolute atomic E-state index is 0.0517. The highest BCUT2D eigenvalue weighted by atomic mass is 32.2. The summed E-state index contributed by atoms with van der Waals surface area (Å²) in [6.07, 6.45) is 3.73. The number of amides is 1. The number of hydrogen-bond acceptors (Lipinski definition) is 6. The second-order valence-electron chi connectivity index (χ2n) is 9.33. The van der Waals surface area contributed by atoms with E-state index in [0.29, 0.717) is 38.2 Å². The van der Waals surface area contributed by atoms with Gasteiger partial charge in [0, 0.05) is 26.2 Å². The number of piperidine rings is 2. The maximum absolute atomic E-state index is 13.2. The fourth-order valence-electron chi connectivity index (χ4n) is 4.67. The number of sulfonamides is 2. The number of nitrogens with one attached hydrogen (secondary N) is 1. The summed E-state index contributed by atoms with van der Waals surface area (Å²) in [6, 6.07) is 11.1. The average molecular weight is 536 g/mol. The fraction of sp³-hybridized carbons (Fsp3) is 0.480. The highest BCUT2D eigenvalue weighted by Gasteiger charge is 2.34. The van der Waals surface area contributed by atoms with Crippen molar-refractivity contribution in [2.24, 2.45) is 5.92 Å². The molecular formula is C25H33N3O6S2. The lowest BCUT2D eigenvalue weighted by molar-refractivity contribution is -0.120. The molecule has 2 aliphatic rings. The normalized spacial score (nSPS) is 20.1. The number of nitrogens with zero attached hydrogens (tertiary/aromatic N) is 2. The zero-order valence-electron chi connectivity index (χ0n) is 20.6. The van der Waals surface area contributed by atoms with Gasteiger partial charge in [-0.1, -0.05) is 24.1 Å². The molecule has 4 rings (SSSR count). The Labute approximate surface area is 213 Å². The van der Waals surface area contributed by atoms with Crippen molar-refractivity contribution in [3.63, 3.8) is 0 Å².